The van der Waals surface area contributed by atoms with Crippen LogP contribution in [0.3, 0.4) is 0 Å². The van der Waals surface area contributed by atoms with Gasteiger partial charge in [0.2, 0.25) is 0 Å². The largest absolute Gasteiger partial charge is 0.399 e. The second-order valence-electron chi connectivity index (χ2n) is 1.75. The van der Waals surface area contributed by atoms with Crippen LogP contribution in [-0.2, 0) is 4.79 Å². The first-order chi connectivity index (χ1) is 3.83. The molecule has 42 valence electrons. The van der Waals surface area contributed by atoms with Crippen LogP contribution in [0, 0.1) is 0 Å². The summed E-state index contributed by atoms with van der Waals surface area (Å²) in [6.45, 7) is 0. The molecule has 0 radical (unpaired) electrons. The zero-order chi connectivity index (χ0) is 5.98. The van der Waals surface area contributed by atoms with Crippen molar-refractivity contribution in [3.8, 4) is 0 Å². The molecule has 0 amide bonds. The maximum absolute atomic E-state index is 10.00. The van der Waals surface area contributed by atoms with Gasteiger partial charge < -0.3 is 5.73 Å². The lowest BCUT2D eigenvalue weighted by Gasteiger charge is -1.79. The molecule has 2 N–H and O–H groups in total. The number of carbonyl (C=O) groups excluding carboxylic acids is 1. The Morgan fingerprint density at radius 1 is 1.75 bits per heavy atom. The van der Waals surface area contributed by atoms with E-state index in [1.165, 1.54) is 0 Å². The van der Waals surface area contributed by atoms with E-state index in [1.807, 2.05) is 6.08 Å². The molecule has 0 spiro atoms. The van der Waals surface area contributed by atoms with E-state index in [0.717, 1.165) is 11.9 Å². The lowest BCUT2D eigenvalue weighted by atomic mass is 10.3. The molecule has 0 aromatic rings. The van der Waals surface area contributed by atoms with E-state index in [0.29, 0.717) is 12.1 Å². The van der Waals surface area contributed by atoms with Crippen LogP contribution >= 0.6 is 0 Å². The fraction of sp³-hybridized carbons (Fsp3) is 0.167. The molecule has 0 aliphatic heterocycles. The molecule has 2 heteroatoms. The SMILES string of the molecule is NC1=CCC(C=O)=C1. The highest BCUT2D eigenvalue weighted by atomic mass is 16.1. The summed E-state index contributed by atoms with van der Waals surface area (Å²) in [7, 11) is 0. The Bertz CT molecular complexity index is 167. The van der Waals surface area contributed by atoms with Gasteiger partial charge in [-0.25, -0.2) is 0 Å². The van der Waals surface area contributed by atoms with E-state index >= 15 is 0 Å². The molecule has 8 heavy (non-hydrogen) atoms. The van der Waals surface area contributed by atoms with Gasteiger partial charge in [0.1, 0.15) is 6.29 Å². The van der Waals surface area contributed by atoms with E-state index in [4.69, 9.17) is 5.73 Å². The van der Waals surface area contributed by atoms with Crippen LogP contribution in [0.5, 0.6) is 0 Å². The minimum absolute atomic E-state index is 0.701. The van der Waals surface area contributed by atoms with Crippen molar-refractivity contribution in [2.45, 2.75) is 6.42 Å². The third kappa shape index (κ3) is 0.780. The summed E-state index contributed by atoms with van der Waals surface area (Å²) in [4.78, 5) is 10.00. The van der Waals surface area contributed by atoms with Gasteiger partial charge in [-0.15, -0.1) is 0 Å². The first kappa shape index (κ1) is 5.09. The average molecular weight is 109 g/mol. The Morgan fingerprint density at radius 2 is 2.50 bits per heavy atom. The molecule has 0 unspecified atom stereocenters. The predicted octanol–water partition coefficient (Wildman–Crippen LogP) is 0.358. The van der Waals surface area contributed by atoms with Crippen LogP contribution in [0.4, 0.5) is 0 Å². The van der Waals surface area contributed by atoms with Crippen LogP contribution in [0.15, 0.2) is 23.4 Å². The predicted molar refractivity (Wildman–Crippen MR) is 31.0 cm³/mol. The Hall–Kier alpha value is -1.05. The molecule has 1 aliphatic carbocycles. The molecule has 0 aromatic carbocycles. The van der Waals surface area contributed by atoms with Gasteiger partial charge in [-0.2, -0.15) is 0 Å². The number of aldehydes is 1. The molecule has 0 saturated carbocycles. The number of hydrogen-bond acceptors (Lipinski definition) is 2. The fourth-order valence-corrected chi connectivity index (χ4v) is 0.650. The number of rotatable bonds is 1. The third-order valence-electron chi connectivity index (χ3n) is 1.08. The molecule has 0 bridgehead atoms. The van der Waals surface area contributed by atoms with E-state index in [1.54, 1.807) is 6.08 Å². The van der Waals surface area contributed by atoms with Gasteiger partial charge in [0.05, 0.1) is 0 Å². The molecule has 1 rings (SSSR count). The topological polar surface area (TPSA) is 43.1 Å². The Morgan fingerprint density at radius 3 is 2.75 bits per heavy atom. The normalized spacial score (nSPS) is 17.5. The van der Waals surface area contributed by atoms with Crippen LogP contribution in [0.25, 0.3) is 0 Å². The minimum Gasteiger partial charge on any atom is -0.399 e. The van der Waals surface area contributed by atoms with Gasteiger partial charge in [-0.05, 0) is 18.1 Å². The van der Waals surface area contributed by atoms with Gasteiger partial charge in [0, 0.05) is 5.70 Å². The van der Waals surface area contributed by atoms with Crippen molar-refractivity contribution < 1.29 is 4.79 Å². The highest BCUT2D eigenvalue weighted by Gasteiger charge is 1.99. The maximum Gasteiger partial charge on any atom is 0.146 e. The van der Waals surface area contributed by atoms with Gasteiger partial charge >= 0.3 is 0 Å². The van der Waals surface area contributed by atoms with Crippen molar-refractivity contribution in [3.63, 3.8) is 0 Å². The van der Waals surface area contributed by atoms with Gasteiger partial charge in [0.15, 0.2) is 0 Å². The number of hydrogen-bond donors (Lipinski definition) is 1. The van der Waals surface area contributed by atoms with Crippen molar-refractivity contribution >= 4 is 6.29 Å². The number of allylic oxidation sites excluding steroid dienone is 3. The lowest BCUT2D eigenvalue weighted by molar-refractivity contribution is -0.104. The zero-order valence-corrected chi connectivity index (χ0v) is 4.42. The minimum atomic E-state index is 0.701. The smallest absolute Gasteiger partial charge is 0.146 e. The molecule has 1 aliphatic rings. The van der Waals surface area contributed by atoms with Gasteiger partial charge in [0.25, 0.3) is 0 Å². The van der Waals surface area contributed by atoms with Crippen LogP contribution in [0.1, 0.15) is 6.42 Å². The van der Waals surface area contributed by atoms with Crippen LogP contribution < -0.4 is 5.73 Å². The fourth-order valence-electron chi connectivity index (χ4n) is 0.650. The van der Waals surface area contributed by atoms with Crippen molar-refractivity contribution in [3.05, 3.63) is 23.4 Å². The lowest BCUT2D eigenvalue weighted by Crippen LogP contribution is -1.87. The van der Waals surface area contributed by atoms with Gasteiger partial charge in [-0.1, -0.05) is 6.08 Å². The van der Waals surface area contributed by atoms with Crippen molar-refractivity contribution in [1.29, 1.82) is 0 Å². The number of nitrogens with two attached hydrogens (primary N) is 1. The molecule has 0 fully saturated rings. The Kier molecular flexibility index (Phi) is 1.16. The third-order valence-corrected chi connectivity index (χ3v) is 1.08. The highest BCUT2D eigenvalue weighted by molar-refractivity contribution is 5.76. The average Bonchev–Trinajstić information content (AvgIpc) is 2.14. The molecular weight excluding hydrogens is 102 g/mol. The molecule has 2 nitrogen and oxygen atoms in total. The summed E-state index contributed by atoms with van der Waals surface area (Å²) in [5.74, 6) is 0. The second-order valence-corrected chi connectivity index (χ2v) is 1.75. The quantitative estimate of drug-likeness (QED) is 0.494. The van der Waals surface area contributed by atoms with Crippen molar-refractivity contribution in [2.24, 2.45) is 5.73 Å². The van der Waals surface area contributed by atoms with Crippen molar-refractivity contribution in [1.82, 2.24) is 0 Å². The van der Waals surface area contributed by atoms with Gasteiger partial charge in [-0.3, -0.25) is 4.79 Å². The summed E-state index contributed by atoms with van der Waals surface area (Å²) >= 11 is 0. The van der Waals surface area contributed by atoms with Crippen molar-refractivity contribution in [2.75, 3.05) is 0 Å². The van der Waals surface area contributed by atoms with E-state index < -0.39 is 0 Å². The summed E-state index contributed by atoms with van der Waals surface area (Å²) in [6, 6.07) is 0. The molecule has 0 aromatic heterocycles. The molecule has 0 heterocycles. The molecule has 0 atom stereocenters. The van der Waals surface area contributed by atoms with E-state index in [-0.39, 0.29) is 0 Å². The second kappa shape index (κ2) is 1.82. The summed E-state index contributed by atoms with van der Waals surface area (Å²) in [5, 5.41) is 0. The zero-order valence-electron chi connectivity index (χ0n) is 4.42. The van der Waals surface area contributed by atoms with E-state index in [9.17, 15) is 4.79 Å². The first-order valence-corrected chi connectivity index (χ1v) is 2.44. The molecule has 0 saturated heterocycles. The Labute approximate surface area is 47.7 Å². The molecular formula is C6H7NO. The maximum atomic E-state index is 10.00. The summed E-state index contributed by atoms with van der Waals surface area (Å²) in [6.07, 6.45) is 5.04. The standard InChI is InChI=1S/C6H7NO/c7-6-2-1-5(3-6)4-8/h2-4H,1,7H2. The van der Waals surface area contributed by atoms with E-state index in [2.05, 4.69) is 0 Å². The number of carbonyl (C=O) groups is 1. The highest BCUT2D eigenvalue weighted by Crippen LogP contribution is 2.10. The monoisotopic (exact) mass is 109 g/mol. The van der Waals surface area contributed by atoms with Crippen LogP contribution in [0.2, 0.25) is 0 Å². The summed E-state index contributed by atoms with van der Waals surface area (Å²) < 4.78 is 0. The van der Waals surface area contributed by atoms with Crippen LogP contribution in [-0.4, -0.2) is 6.29 Å². The summed E-state index contributed by atoms with van der Waals surface area (Å²) in [5.41, 5.74) is 6.79. The Balaban J connectivity index is 2.69. The first-order valence-electron chi connectivity index (χ1n) is 2.44.